The standard InChI is InChI=1S/C23H27BrN2O5S/c1-2-3-4-5-14-25-15-21(23(28)29)26(16-22(25)27)32(30,31)20-12-8-18(9-13-20)17-6-10-19(24)11-7-17/h6-13,21H,2-5,14-16H2,1H3,(H,28,29). The number of piperazine rings is 1. The van der Waals surface area contributed by atoms with Gasteiger partial charge in [0.1, 0.15) is 6.04 Å². The van der Waals surface area contributed by atoms with Gasteiger partial charge in [0.05, 0.1) is 11.4 Å². The van der Waals surface area contributed by atoms with Crippen LogP contribution >= 0.6 is 15.9 Å². The van der Waals surface area contributed by atoms with E-state index in [1.54, 1.807) is 12.1 Å². The molecule has 2 aromatic carbocycles. The third kappa shape index (κ3) is 5.57. The Morgan fingerprint density at radius 1 is 1.03 bits per heavy atom. The van der Waals surface area contributed by atoms with Crippen LogP contribution in [0.3, 0.4) is 0 Å². The average Bonchev–Trinajstić information content (AvgIpc) is 2.77. The first-order valence-corrected chi connectivity index (χ1v) is 12.9. The highest BCUT2D eigenvalue weighted by molar-refractivity contribution is 9.10. The molecule has 3 rings (SSSR count). The Hall–Kier alpha value is -2.23. The van der Waals surface area contributed by atoms with Gasteiger partial charge < -0.3 is 10.0 Å². The Morgan fingerprint density at radius 2 is 1.62 bits per heavy atom. The van der Waals surface area contributed by atoms with Crippen LogP contribution in [0.25, 0.3) is 11.1 Å². The molecule has 7 nitrogen and oxygen atoms in total. The van der Waals surface area contributed by atoms with Crippen LogP contribution in [0.2, 0.25) is 0 Å². The first-order valence-electron chi connectivity index (χ1n) is 10.6. The fourth-order valence-electron chi connectivity index (χ4n) is 3.74. The fraction of sp³-hybridized carbons (Fsp3) is 0.391. The summed E-state index contributed by atoms with van der Waals surface area (Å²) >= 11 is 3.38. The van der Waals surface area contributed by atoms with Crippen molar-refractivity contribution in [1.82, 2.24) is 9.21 Å². The maximum Gasteiger partial charge on any atom is 0.323 e. The number of amides is 1. The van der Waals surface area contributed by atoms with Crippen molar-refractivity contribution in [2.45, 2.75) is 43.5 Å². The molecule has 1 fully saturated rings. The molecule has 1 amide bonds. The van der Waals surface area contributed by atoms with E-state index in [1.807, 2.05) is 24.3 Å². The van der Waals surface area contributed by atoms with Gasteiger partial charge in [0.15, 0.2) is 0 Å². The Balaban J connectivity index is 1.79. The third-order valence-corrected chi connectivity index (χ3v) is 7.99. The summed E-state index contributed by atoms with van der Waals surface area (Å²) in [6.45, 7) is 1.91. The highest BCUT2D eigenvalue weighted by Crippen LogP contribution is 2.27. The highest BCUT2D eigenvalue weighted by atomic mass is 79.9. The first-order chi connectivity index (χ1) is 15.2. The molecule has 1 unspecified atom stereocenters. The molecule has 172 valence electrons. The highest BCUT2D eigenvalue weighted by Gasteiger charge is 2.43. The van der Waals surface area contributed by atoms with E-state index < -0.39 is 28.6 Å². The number of benzene rings is 2. The van der Waals surface area contributed by atoms with Crippen LogP contribution in [0.5, 0.6) is 0 Å². The van der Waals surface area contributed by atoms with Crippen molar-refractivity contribution in [2.24, 2.45) is 0 Å². The third-order valence-electron chi connectivity index (χ3n) is 5.59. The van der Waals surface area contributed by atoms with Gasteiger partial charge in [-0.1, -0.05) is 66.4 Å². The number of hydrogen-bond acceptors (Lipinski definition) is 4. The second-order valence-electron chi connectivity index (χ2n) is 7.84. The predicted molar refractivity (Wildman–Crippen MR) is 126 cm³/mol. The smallest absolute Gasteiger partial charge is 0.323 e. The molecule has 0 aromatic heterocycles. The van der Waals surface area contributed by atoms with Crippen LogP contribution in [0.4, 0.5) is 0 Å². The van der Waals surface area contributed by atoms with Crippen molar-refractivity contribution in [2.75, 3.05) is 19.6 Å². The number of carboxylic acids is 1. The summed E-state index contributed by atoms with van der Waals surface area (Å²) in [4.78, 5) is 25.9. The largest absolute Gasteiger partial charge is 0.480 e. The van der Waals surface area contributed by atoms with Gasteiger partial charge in [0.25, 0.3) is 0 Å². The van der Waals surface area contributed by atoms with E-state index in [0.717, 1.165) is 45.6 Å². The molecule has 1 saturated heterocycles. The van der Waals surface area contributed by atoms with Crippen molar-refractivity contribution in [1.29, 1.82) is 0 Å². The van der Waals surface area contributed by atoms with Gasteiger partial charge in [0, 0.05) is 17.6 Å². The van der Waals surface area contributed by atoms with Gasteiger partial charge in [-0.25, -0.2) is 8.42 Å². The molecule has 0 saturated carbocycles. The van der Waals surface area contributed by atoms with Crippen molar-refractivity contribution >= 4 is 37.8 Å². The summed E-state index contributed by atoms with van der Waals surface area (Å²) in [6, 6.07) is 12.6. The number of carboxylic acid groups (broad SMARTS) is 1. The Labute approximate surface area is 197 Å². The number of carbonyl (C=O) groups is 2. The molecular weight excluding hydrogens is 496 g/mol. The zero-order chi connectivity index (χ0) is 23.3. The molecule has 0 bridgehead atoms. The van der Waals surface area contributed by atoms with Crippen LogP contribution in [0.15, 0.2) is 57.9 Å². The minimum absolute atomic E-state index is 0.0335. The lowest BCUT2D eigenvalue weighted by Crippen LogP contribution is -2.60. The van der Waals surface area contributed by atoms with Gasteiger partial charge in [-0.2, -0.15) is 4.31 Å². The minimum atomic E-state index is -4.15. The molecule has 2 aromatic rings. The molecule has 1 aliphatic heterocycles. The first kappa shape index (κ1) is 24.4. The predicted octanol–water partition coefficient (Wildman–Crippen LogP) is 3.98. The fourth-order valence-corrected chi connectivity index (χ4v) is 5.53. The molecule has 1 aliphatic rings. The number of aliphatic carboxylic acids is 1. The molecule has 1 N–H and O–H groups in total. The zero-order valence-corrected chi connectivity index (χ0v) is 20.3. The normalized spacial score (nSPS) is 17.5. The lowest BCUT2D eigenvalue weighted by Gasteiger charge is -2.38. The van der Waals surface area contributed by atoms with Crippen LogP contribution in [0, 0.1) is 0 Å². The maximum absolute atomic E-state index is 13.2. The number of rotatable bonds is 9. The lowest BCUT2D eigenvalue weighted by atomic mass is 10.1. The number of sulfonamides is 1. The molecule has 32 heavy (non-hydrogen) atoms. The Kier molecular flexibility index (Phi) is 8.08. The van der Waals surface area contributed by atoms with Crippen LogP contribution in [-0.2, 0) is 19.6 Å². The molecule has 0 aliphatic carbocycles. The molecule has 0 radical (unpaired) electrons. The van der Waals surface area contributed by atoms with Gasteiger partial charge >= 0.3 is 5.97 Å². The summed E-state index contributed by atoms with van der Waals surface area (Å²) in [5.74, 6) is -1.62. The van der Waals surface area contributed by atoms with E-state index in [0.29, 0.717) is 6.54 Å². The zero-order valence-electron chi connectivity index (χ0n) is 17.9. The minimum Gasteiger partial charge on any atom is -0.480 e. The van der Waals surface area contributed by atoms with Crippen molar-refractivity contribution in [3.8, 4) is 11.1 Å². The summed E-state index contributed by atoms with van der Waals surface area (Å²) in [5.41, 5.74) is 1.76. The van der Waals surface area contributed by atoms with E-state index in [9.17, 15) is 23.1 Å². The monoisotopic (exact) mass is 522 g/mol. The molecule has 1 heterocycles. The summed E-state index contributed by atoms with van der Waals surface area (Å²) in [6.07, 6.45) is 3.82. The summed E-state index contributed by atoms with van der Waals surface area (Å²) in [7, 11) is -4.15. The van der Waals surface area contributed by atoms with E-state index in [-0.39, 0.29) is 17.3 Å². The lowest BCUT2D eigenvalue weighted by molar-refractivity contribution is -0.148. The molecule has 1 atom stereocenters. The SMILES string of the molecule is CCCCCCN1CC(C(=O)O)N(S(=O)(=O)c2ccc(-c3ccc(Br)cc3)cc2)CC1=O. The second kappa shape index (κ2) is 10.6. The van der Waals surface area contributed by atoms with Crippen molar-refractivity contribution in [3.63, 3.8) is 0 Å². The van der Waals surface area contributed by atoms with Gasteiger partial charge in [0.2, 0.25) is 15.9 Å². The summed E-state index contributed by atoms with van der Waals surface area (Å²) in [5, 5.41) is 9.70. The second-order valence-corrected chi connectivity index (χ2v) is 10.6. The number of carbonyl (C=O) groups excluding carboxylic acids is 1. The summed E-state index contributed by atoms with van der Waals surface area (Å²) < 4.78 is 28.2. The number of hydrogen-bond donors (Lipinski definition) is 1. The maximum atomic E-state index is 13.2. The van der Waals surface area contributed by atoms with Gasteiger partial charge in [-0.05, 0) is 41.8 Å². The molecule has 9 heteroatoms. The Morgan fingerprint density at radius 3 is 2.19 bits per heavy atom. The van der Waals surface area contributed by atoms with Gasteiger partial charge in [-0.15, -0.1) is 0 Å². The van der Waals surface area contributed by atoms with E-state index in [1.165, 1.54) is 17.0 Å². The van der Waals surface area contributed by atoms with Crippen molar-refractivity contribution in [3.05, 3.63) is 53.0 Å². The van der Waals surface area contributed by atoms with E-state index in [2.05, 4.69) is 22.9 Å². The number of unbranched alkanes of at least 4 members (excludes halogenated alkanes) is 3. The van der Waals surface area contributed by atoms with Gasteiger partial charge in [-0.3, -0.25) is 9.59 Å². The average molecular weight is 523 g/mol. The molecule has 0 spiro atoms. The van der Waals surface area contributed by atoms with Crippen LogP contribution in [0.1, 0.15) is 32.6 Å². The van der Waals surface area contributed by atoms with Crippen LogP contribution in [-0.4, -0.2) is 60.3 Å². The topological polar surface area (TPSA) is 95.0 Å². The quantitative estimate of drug-likeness (QED) is 0.502. The van der Waals surface area contributed by atoms with E-state index in [4.69, 9.17) is 0 Å². The van der Waals surface area contributed by atoms with Crippen molar-refractivity contribution < 1.29 is 23.1 Å². The Bertz CT molecular complexity index is 1050. The number of nitrogens with zero attached hydrogens (tertiary/aromatic N) is 2. The number of halogens is 1. The molecular formula is C23H27BrN2O5S. The van der Waals surface area contributed by atoms with E-state index >= 15 is 0 Å². The van der Waals surface area contributed by atoms with Crippen LogP contribution < -0.4 is 0 Å².